The smallest absolute Gasteiger partial charge is 0.255 e. The molecule has 0 aromatic heterocycles. The van der Waals surface area contributed by atoms with Crippen LogP contribution < -0.4 is 19.5 Å². The Balaban J connectivity index is 1.69. The summed E-state index contributed by atoms with van der Waals surface area (Å²) in [7, 11) is 0. The molecule has 0 bridgehead atoms. The fraction of sp³-hybridized carbons (Fsp3) is 0.240. The number of nitrogens with one attached hydrogen (secondary N) is 1. The Kier molecular flexibility index (Phi) is 7.33. The van der Waals surface area contributed by atoms with Gasteiger partial charge in [0.05, 0.1) is 13.2 Å². The maximum Gasteiger partial charge on any atom is 0.255 e. The Labute approximate surface area is 177 Å². The Bertz CT molecular complexity index is 965. The number of anilines is 1. The van der Waals surface area contributed by atoms with Gasteiger partial charge >= 0.3 is 0 Å². The molecule has 0 unspecified atom stereocenters. The minimum atomic E-state index is -0.217. The second-order valence-electron chi connectivity index (χ2n) is 6.78. The molecule has 0 saturated carbocycles. The van der Waals surface area contributed by atoms with E-state index in [9.17, 15) is 4.79 Å². The van der Waals surface area contributed by atoms with E-state index in [1.807, 2.05) is 50.2 Å². The molecule has 1 N–H and O–H groups in total. The summed E-state index contributed by atoms with van der Waals surface area (Å²) < 4.78 is 17.1. The van der Waals surface area contributed by atoms with Crippen LogP contribution in [0.4, 0.5) is 5.69 Å². The monoisotopic (exact) mass is 405 g/mol. The summed E-state index contributed by atoms with van der Waals surface area (Å²) in [5, 5.41) is 2.89. The topological polar surface area (TPSA) is 56.8 Å². The molecule has 30 heavy (non-hydrogen) atoms. The molecule has 0 aliphatic heterocycles. The number of carbonyl (C=O) groups is 1. The van der Waals surface area contributed by atoms with Gasteiger partial charge in [-0.25, -0.2) is 0 Å². The van der Waals surface area contributed by atoms with Crippen molar-refractivity contribution >= 4 is 11.6 Å². The molecule has 1 amide bonds. The molecular weight excluding hydrogens is 378 g/mol. The normalized spacial score (nSPS) is 10.4. The van der Waals surface area contributed by atoms with Crippen molar-refractivity contribution in [1.82, 2.24) is 0 Å². The van der Waals surface area contributed by atoms with Gasteiger partial charge in [-0.3, -0.25) is 4.79 Å². The molecule has 0 aliphatic carbocycles. The molecule has 0 spiro atoms. The van der Waals surface area contributed by atoms with Gasteiger partial charge in [0, 0.05) is 11.3 Å². The van der Waals surface area contributed by atoms with Crippen molar-refractivity contribution in [3.05, 3.63) is 83.4 Å². The predicted molar refractivity (Wildman–Crippen MR) is 119 cm³/mol. The van der Waals surface area contributed by atoms with Gasteiger partial charge in [0.15, 0.2) is 11.5 Å². The number of hydrogen-bond acceptors (Lipinski definition) is 4. The number of ether oxygens (including phenoxy) is 3. The zero-order valence-corrected chi connectivity index (χ0v) is 17.6. The highest BCUT2D eigenvalue weighted by atomic mass is 16.5. The third kappa shape index (κ3) is 5.77. The van der Waals surface area contributed by atoms with Crippen LogP contribution in [0.25, 0.3) is 0 Å². The van der Waals surface area contributed by atoms with E-state index in [1.165, 1.54) is 5.56 Å². The molecule has 3 rings (SSSR count). The van der Waals surface area contributed by atoms with Gasteiger partial charge in [-0.05, 0) is 68.8 Å². The second kappa shape index (κ2) is 10.3. The average Bonchev–Trinajstić information content (AvgIpc) is 2.75. The fourth-order valence-corrected chi connectivity index (χ4v) is 2.89. The molecule has 0 aliphatic rings. The fourth-order valence-electron chi connectivity index (χ4n) is 2.89. The molecular formula is C25H27NO4. The van der Waals surface area contributed by atoms with E-state index in [-0.39, 0.29) is 5.91 Å². The molecule has 0 fully saturated rings. The molecule has 5 nitrogen and oxygen atoms in total. The van der Waals surface area contributed by atoms with E-state index >= 15 is 0 Å². The van der Waals surface area contributed by atoms with Crippen LogP contribution in [0.5, 0.6) is 17.2 Å². The van der Waals surface area contributed by atoms with Crippen LogP contribution in [-0.4, -0.2) is 19.1 Å². The summed E-state index contributed by atoms with van der Waals surface area (Å²) in [5.41, 5.74) is 3.47. The summed E-state index contributed by atoms with van der Waals surface area (Å²) in [6, 6.07) is 20.7. The Morgan fingerprint density at radius 2 is 1.50 bits per heavy atom. The first-order valence-corrected chi connectivity index (χ1v) is 10.1. The highest BCUT2D eigenvalue weighted by Gasteiger charge is 2.12. The van der Waals surface area contributed by atoms with E-state index in [4.69, 9.17) is 14.2 Å². The number of benzene rings is 3. The molecule has 0 atom stereocenters. The van der Waals surface area contributed by atoms with Crippen molar-refractivity contribution in [2.24, 2.45) is 0 Å². The zero-order valence-electron chi connectivity index (χ0n) is 17.6. The number of carbonyl (C=O) groups excluding carboxylic acids is 1. The molecule has 156 valence electrons. The largest absolute Gasteiger partial charge is 0.494 e. The van der Waals surface area contributed by atoms with Crippen LogP contribution in [0.15, 0.2) is 66.7 Å². The van der Waals surface area contributed by atoms with Crippen LogP contribution in [0.3, 0.4) is 0 Å². The van der Waals surface area contributed by atoms with Crippen molar-refractivity contribution in [1.29, 1.82) is 0 Å². The van der Waals surface area contributed by atoms with Crippen LogP contribution >= 0.6 is 0 Å². The van der Waals surface area contributed by atoms with Gasteiger partial charge in [-0.15, -0.1) is 0 Å². The minimum Gasteiger partial charge on any atom is -0.494 e. The first kappa shape index (κ1) is 21.2. The SMILES string of the molecule is CCOc1ccc(NC(=O)c2ccc(OCc3ccc(C)cc3)c(OCC)c2)cc1. The summed E-state index contributed by atoms with van der Waals surface area (Å²) in [6.07, 6.45) is 0. The molecule has 0 saturated heterocycles. The molecule has 5 heteroatoms. The molecule has 0 heterocycles. The van der Waals surface area contributed by atoms with E-state index in [1.54, 1.807) is 18.2 Å². The van der Waals surface area contributed by atoms with Crippen LogP contribution in [0.2, 0.25) is 0 Å². The lowest BCUT2D eigenvalue weighted by molar-refractivity contribution is 0.102. The number of aryl methyl sites for hydroxylation is 1. The number of hydrogen-bond donors (Lipinski definition) is 1. The lowest BCUT2D eigenvalue weighted by Crippen LogP contribution is -2.12. The number of amides is 1. The Hall–Kier alpha value is -3.47. The lowest BCUT2D eigenvalue weighted by atomic mass is 10.1. The lowest BCUT2D eigenvalue weighted by Gasteiger charge is -2.14. The third-order valence-electron chi connectivity index (χ3n) is 4.44. The minimum absolute atomic E-state index is 0.217. The first-order chi connectivity index (χ1) is 14.6. The van der Waals surface area contributed by atoms with E-state index in [0.717, 1.165) is 11.3 Å². The van der Waals surface area contributed by atoms with E-state index in [0.29, 0.717) is 42.6 Å². The number of rotatable bonds is 9. The molecule has 3 aromatic rings. The van der Waals surface area contributed by atoms with Gasteiger partial charge in [0.1, 0.15) is 12.4 Å². The van der Waals surface area contributed by atoms with Crippen molar-refractivity contribution in [2.45, 2.75) is 27.4 Å². The van der Waals surface area contributed by atoms with Crippen molar-refractivity contribution in [3.8, 4) is 17.2 Å². The highest BCUT2D eigenvalue weighted by molar-refractivity contribution is 6.04. The predicted octanol–water partition coefficient (Wildman–Crippen LogP) is 5.62. The zero-order chi connectivity index (χ0) is 21.3. The average molecular weight is 405 g/mol. The van der Waals surface area contributed by atoms with Gasteiger partial charge in [-0.2, -0.15) is 0 Å². The maximum absolute atomic E-state index is 12.7. The first-order valence-electron chi connectivity index (χ1n) is 10.1. The van der Waals surface area contributed by atoms with Gasteiger partial charge in [0.2, 0.25) is 0 Å². The van der Waals surface area contributed by atoms with Gasteiger partial charge in [-0.1, -0.05) is 29.8 Å². The third-order valence-corrected chi connectivity index (χ3v) is 4.44. The van der Waals surface area contributed by atoms with Crippen molar-refractivity contribution in [3.63, 3.8) is 0 Å². The quantitative estimate of drug-likeness (QED) is 0.502. The Morgan fingerprint density at radius 1 is 0.800 bits per heavy atom. The van der Waals surface area contributed by atoms with Crippen molar-refractivity contribution < 1.29 is 19.0 Å². The molecule has 3 aromatic carbocycles. The maximum atomic E-state index is 12.7. The summed E-state index contributed by atoms with van der Waals surface area (Å²) >= 11 is 0. The summed E-state index contributed by atoms with van der Waals surface area (Å²) in [4.78, 5) is 12.7. The van der Waals surface area contributed by atoms with Crippen LogP contribution in [0, 0.1) is 6.92 Å². The highest BCUT2D eigenvalue weighted by Crippen LogP contribution is 2.30. The molecule has 0 radical (unpaired) electrons. The van der Waals surface area contributed by atoms with E-state index in [2.05, 4.69) is 24.4 Å². The van der Waals surface area contributed by atoms with Crippen molar-refractivity contribution in [2.75, 3.05) is 18.5 Å². The summed E-state index contributed by atoms with van der Waals surface area (Å²) in [6.45, 7) is 7.39. The van der Waals surface area contributed by atoms with Crippen LogP contribution in [-0.2, 0) is 6.61 Å². The second-order valence-corrected chi connectivity index (χ2v) is 6.78. The summed E-state index contributed by atoms with van der Waals surface area (Å²) in [5.74, 6) is 1.70. The van der Waals surface area contributed by atoms with Gasteiger partial charge in [0.25, 0.3) is 5.91 Å². The Morgan fingerprint density at radius 3 is 2.17 bits per heavy atom. The van der Waals surface area contributed by atoms with Crippen LogP contribution in [0.1, 0.15) is 35.3 Å². The van der Waals surface area contributed by atoms with Gasteiger partial charge < -0.3 is 19.5 Å². The standard InChI is InChI=1S/C25H27NO4/c1-4-28-22-13-11-21(12-14-22)26-25(27)20-10-15-23(24(16-20)29-5-2)30-17-19-8-6-18(3)7-9-19/h6-16H,4-5,17H2,1-3H3,(H,26,27). The van der Waals surface area contributed by atoms with E-state index < -0.39 is 0 Å².